The van der Waals surface area contributed by atoms with Crippen molar-refractivity contribution in [1.29, 1.82) is 0 Å². The van der Waals surface area contributed by atoms with Crippen molar-refractivity contribution in [2.24, 2.45) is 5.92 Å². The Hall–Kier alpha value is -2.74. The lowest BCUT2D eigenvalue weighted by atomic mass is 10.2. The van der Waals surface area contributed by atoms with Gasteiger partial charge in [0.05, 0.1) is 0 Å². The monoisotopic (exact) mass is 435 g/mol. The minimum Gasteiger partial charge on any atom is -0.383 e. The van der Waals surface area contributed by atoms with Crippen molar-refractivity contribution >= 4 is 34.7 Å². The van der Waals surface area contributed by atoms with Gasteiger partial charge in [0, 0.05) is 36.8 Å². The molecule has 0 saturated heterocycles. The summed E-state index contributed by atoms with van der Waals surface area (Å²) < 4.78 is 1.38. The van der Waals surface area contributed by atoms with Gasteiger partial charge in [-0.3, -0.25) is 19.1 Å². The Kier molecular flexibility index (Phi) is 8.53. The van der Waals surface area contributed by atoms with Gasteiger partial charge in [-0.15, -0.1) is 0 Å². The summed E-state index contributed by atoms with van der Waals surface area (Å²) in [6.07, 6.45) is 1.88. The maximum absolute atomic E-state index is 12.6. The van der Waals surface area contributed by atoms with E-state index in [4.69, 9.17) is 17.3 Å². The number of H-pyrrole nitrogens is 1. The number of unbranched alkanes of at least 4 members (excludes halogenated alkanes) is 1. The second-order valence-corrected chi connectivity index (χ2v) is 8.08. The van der Waals surface area contributed by atoms with Crippen molar-refractivity contribution in [3.63, 3.8) is 0 Å². The number of nitrogens with one attached hydrogen (secondary N) is 2. The molecular formula is C21H30ClN5O3. The number of benzene rings is 1. The summed E-state index contributed by atoms with van der Waals surface area (Å²) >= 11 is 5.95. The van der Waals surface area contributed by atoms with Crippen LogP contribution >= 0.6 is 11.6 Å². The van der Waals surface area contributed by atoms with Crippen LogP contribution in [-0.4, -0.2) is 28.5 Å². The number of aromatic amines is 1. The smallest absolute Gasteiger partial charge is 0.330 e. The molecule has 1 aromatic carbocycles. The van der Waals surface area contributed by atoms with Gasteiger partial charge in [-0.1, -0.05) is 44.9 Å². The van der Waals surface area contributed by atoms with Crippen molar-refractivity contribution in [2.45, 2.75) is 46.6 Å². The van der Waals surface area contributed by atoms with Crippen molar-refractivity contribution in [3.8, 4) is 0 Å². The van der Waals surface area contributed by atoms with Crippen LogP contribution in [0.5, 0.6) is 0 Å². The van der Waals surface area contributed by atoms with E-state index in [0.717, 1.165) is 12.8 Å². The first-order valence-corrected chi connectivity index (χ1v) is 10.5. The number of halogens is 1. The maximum atomic E-state index is 12.6. The molecule has 1 amide bonds. The van der Waals surface area contributed by atoms with Crippen LogP contribution in [0.3, 0.4) is 0 Å². The third kappa shape index (κ3) is 6.38. The number of nitrogen functional groups attached to an aromatic ring is 1. The highest BCUT2D eigenvalue weighted by Crippen LogP contribution is 2.19. The fraction of sp³-hybridized carbons (Fsp3) is 0.476. The van der Waals surface area contributed by atoms with E-state index in [1.54, 1.807) is 29.2 Å². The summed E-state index contributed by atoms with van der Waals surface area (Å²) in [6.45, 7) is 7.20. The number of nitrogens with two attached hydrogens (primary N) is 1. The van der Waals surface area contributed by atoms with Gasteiger partial charge in [0.15, 0.2) is 0 Å². The van der Waals surface area contributed by atoms with E-state index in [9.17, 15) is 14.4 Å². The molecule has 2 aromatic rings. The average Bonchev–Trinajstić information content (AvgIpc) is 2.66. The number of carbonyl (C=O) groups excluding carboxylic acids is 1. The predicted octanol–water partition coefficient (Wildman–Crippen LogP) is 3.06. The molecule has 0 aliphatic heterocycles. The van der Waals surface area contributed by atoms with Crippen molar-refractivity contribution in [2.75, 3.05) is 29.0 Å². The molecule has 1 aromatic heterocycles. The number of nitrogens with zero attached hydrogens (tertiary/aromatic N) is 2. The Morgan fingerprint density at radius 3 is 2.67 bits per heavy atom. The van der Waals surface area contributed by atoms with Gasteiger partial charge in [-0.05, 0) is 30.5 Å². The van der Waals surface area contributed by atoms with Crippen LogP contribution < -0.4 is 27.2 Å². The highest BCUT2D eigenvalue weighted by molar-refractivity contribution is 6.30. The lowest BCUT2D eigenvalue weighted by Gasteiger charge is -2.26. The van der Waals surface area contributed by atoms with Crippen LogP contribution in [0.4, 0.5) is 17.2 Å². The Morgan fingerprint density at radius 2 is 2.03 bits per heavy atom. The van der Waals surface area contributed by atoms with E-state index < -0.39 is 11.2 Å². The minimum atomic E-state index is -0.538. The first kappa shape index (κ1) is 23.5. The number of hydrogen-bond acceptors (Lipinski definition) is 5. The van der Waals surface area contributed by atoms with Crippen LogP contribution in [0.25, 0.3) is 0 Å². The van der Waals surface area contributed by atoms with E-state index >= 15 is 0 Å². The van der Waals surface area contributed by atoms with Crippen LogP contribution in [0, 0.1) is 5.92 Å². The highest BCUT2D eigenvalue weighted by atomic mass is 35.5. The molecule has 0 atom stereocenters. The summed E-state index contributed by atoms with van der Waals surface area (Å²) in [7, 11) is 0. The highest BCUT2D eigenvalue weighted by Gasteiger charge is 2.20. The molecule has 0 saturated carbocycles. The largest absolute Gasteiger partial charge is 0.383 e. The molecule has 0 bridgehead atoms. The summed E-state index contributed by atoms with van der Waals surface area (Å²) in [6, 6.07) is 6.90. The van der Waals surface area contributed by atoms with E-state index in [1.165, 1.54) is 4.57 Å². The third-order valence-electron chi connectivity index (χ3n) is 4.58. The molecule has 9 heteroatoms. The minimum absolute atomic E-state index is 0.129. The van der Waals surface area contributed by atoms with Gasteiger partial charge in [-0.25, -0.2) is 4.79 Å². The lowest BCUT2D eigenvalue weighted by Crippen LogP contribution is -2.40. The fourth-order valence-electron chi connectivity index (χ4n) is 3.14. The number of hydrogen-bond donors (Lipinski definition) is 3. The molecule has 0 spiro atoms. The van der Waals surface area contributed by atoms with Gasteiger partial charge >= 0.3 is 5.69 Å². The molecule has 0 aliphatic rings. The summed E-state index contributed by atoms with van der Waals surface area (Å²) in [5, 5.41) is 3.33. The number of aromatic nitrogens is 2. The third-order valence-corrected chi connectivity index (χ3v) is 4.81. The predicted molar refractivity (Wildman–Crippen MR) is 122 cm³/mol. The molecule has 0 unspecified atom stereocenters. The lowest BCUT2D eigenvalue weighted by molar-refractivity contribution is -0.116. The number of carbonyl (C=O) groups is 1. The molecule has 0 radical (unpaired) electrons. The Labute approximate surface area is 181 Å². The molecule has 0 fully saturated rings. The summed E-state index contributed by atoms with van der Waals surface area (Å²) in [5.74, 6) is 0.101. The molecule has 2 rings (SSSR count). The zero-order chi connectivity index (χ0) is 22.3. The zero-order valence-corrected chi connectivity index (χ0v) is 18.5. The van der Waals surface area contributed by atoms with Crippen LogP contribution in [0.2, 0.25) is 5.02 Å². The second kappa shape index (κ2) is 10.9. The molecule has 8 nitrogen and oxygen atoms in total. The molecular weight excluding hydrogens is 406 g/mol. The number of amides is 1. The first-order valence-electron chi connectivity index (χ1n) is 10.2. The van der Waals surface area contributed by atoms with Gasteiger partial charge < -0.3 is 16.0 Å². The topological polar surface area (TPSA) is 113 Å². The molecule has 30 heavy (non-hydrogen) atoms. The second-order valence-electron chi connectivity index (χ2n) is 7.65. The normalized spacial score (nSPS) is 11.0. The standard InChI is InChI=1S/C21H30ClN5O3/c1-4-5-10-26(11-9-17(28)24-16-8-6-7-15(22)12-16)18-19(23)27(13-14(2)3)21(30)25-20(18)29/h6-8,12,14H,4-5,9-11,13,23H2,1-3H3,(H,24,28)(H,25,29,30). The molecule has 1 heterocycles. The first-order chi connectivity index (χ1) is 14.2. The number of anilines is 3. The Balaban J connectivity index is 2.24. The Bertz CT molecular complexity index is 983. The van der Waals surface area contributed by atoms with Crippen LogP contribution in [0.15, 0.2) is 33.9 Å². The maximum Gasteiger partial charge on any atom is 0.330 e. The SMILES string of the molecule is CCCCN(CCC(=O)Nc1cccc(Cl)c1)c1c(N)n(CC(C)C)c(=O)[nH]c1=O. The van der Waals surface area contributed by atoms with Crippen molar-refractivity contribution < 1.29 is 4.79 Å². The van der Waals surface area contributed by atoms with Crippen molar-refractivity contribution in [1.82, 2.24) is 9.55 Å². The number of rotatable bonds is 10. The van der Waals surface area contributed by atoms with Gasteiger partial charge in [-0.2, -0.15) is 0 Å². The van der Waals surface area contributed by atoms with Gasteiger partial charge in [0.1, 0.15) is 11.5 Å². The van der Waals surface area contributed by atoms with E-state index in [-0.39, 0.29) is 29.8 Å². The summed E-state index contributed by atoms with van der Waals surface area (Å²) in [5.41, 5.74) is 6.02. The van der Waals surface area contributed by atoms with E-state index in [2.05, 4.69) is 10.3 Å². The fourth-order valence-corrected chi connectivity index (χ4v) is 3.33. The Morgan fingerprint density at radius 1 is 1.30 bits per heavy atom. The molecule has 164 valence electrons. The van der Waals surface area contributed by atoms with Crippen LogP contribution in [-0.2, 0) is 11.3 Å². The van der Waals surface area contributed by atoms with E-state index in [0.29, 0.717) is 30.3 Å². The quantitative estimate of drug-likeness (QED) is 0.530. The van der Waals surface area contributed by atoms with Gasteiger partial charge in [0.2, 0.25) is 5.91 Å². The van der Waals surface area contributed by atoms with E-state index in [1.807, 2.05) is 20.8 Å². The summed E-state index contributed by atoms with van der Waals surface area (Å²) in [4.78, 5) is 41.3. The van der Waals surface area contributed by atoms with Crippen molar-refractivity contribution in [3.05, 3.63) is 50.1 Å². The average molecular weight is 436 g/mol. The zero-order valence-electron chi connectivity index (χ0n) is 17.7. The molecule has 0 aliphatic carbocycles. The van der Waals surface area contributed by atoms with Gasteiger partial charge in [0.25, 0.3) is 5.56 Å². The molecule has 4 N–H and O–H groups in total. The van der Waals surface area contributed by atoms with Crippen LogP contribution in [0.1, 0.15) is 40.0 Å².